The number of hydrogen-bond donors (Lipinski definition) is 1. The first-order chi connectivity index (χ1) is 13.1. The van der Waals surface area contributed by atoms with E-state index < -0.39 is 17.7 Å². The average Bonchev–Trinajstić information content (AvgIpc) is 3.31. The first-order valence-corrected chi connectivity index (χ1v) is 8.97. The Hall–Kier alpha value is -3.13. The molecule has 1 aromatic carbocycles. The van der Waals surface area contributed by atoms with E-state index in [1.54, 1.807) is 24.4 Å². The summed E-state index contributed by atoms with van der Waals surface area (Å²) >= 11 is 1.18. The van der Waals surface area contributed by atoms with Crippen LogP contribution in [0.3, 0.4) is 0 Å². The van der Waals surface area contributed by atoms with Crippen LogP contribution < -0.4 is 10.1 Å². The van der Waals surface area contributed by atoms with Gasteiger partial charge in [0.25, 0.3) is 5.91 Å². The molecule has 0 radical (unpaired) electrons. The van der Waals surface area contributed by atoms with Crippen LogP contribution in [0.5, 0.6) is 5.75 Å². The number of carbonyl (C=O) groups excluding carboxylic acids is 2. The zero-order valence-electron chi connectivity index (χ0n) is 14.4. The van der Waals surface area contributed by atoms with Crippen LogP contribution in [-0.4, -0.2) is 25.1 Å². The number of carbonyl (C=O) groups is 2. The number of thiophene rings is 1. The quantitative estimate of drug-likeness (QED) is 0.608. The van der Waals surface area contributed by atoms with Crippen molar-refractivity contribution in [2.45, 2.75) is 6.92 Å². The van der Waals surface area contributed by atoms with E-state index in [1.165, 1.54) is 41.9 Å². The number of furan rings is 1. The summed E-state index contributed by atoms with van der Waals surface area (Å²) in [5.74, 6) is -0.551. The second-order valence-electron chi connectivity index (χ2n) is 5.34. The smallest absolute Gasteiger partial charge is 0.341 e. The molecule has 1 amide bonds. The van der Waals surface area contributed by atoms with Gasteiger partial charge in [-0.15, -0.1) is 11.3 Å². The Morgan fingerprint density at radius 1 is 1.22 bits per heavy atom. The van der Waals surface area contributed by atoms with Gasteiger partial charge < -0.3 is 19.2 Å². The third-order valence-corrected chi connectivity index (χ3v) is 4.39. The van der Waals surface area contributed by atoms with Crippen LogP contribution in [-0.2, 0) is 9.53 Å². The molecule has 2 aromatic heterocycles. The number of halogens is 1. The second kappa shape index (κ2) is 8.50. The van der Waals surface area contributed by atoms with E-state index in [-0.39, 0.29) is 18.8 Å². The Morgan fingerprint density at radius 2 is 2.00 bits per heavy atom. The number of amides is 1. The van der Waals surface area contributed by atoms with Gasteiger partial charge >= 0.3 is 5.97 Å². The maximum Gasteiger partial charge on any atom is 0.341 e. The van der Waals surface area contributed by atoms with Gasteiger partial charge in [-0.3, -0.25) is 4.79 Å². The molecule has 3 rings (SSSR count). The van der Waals surface area contributed by atoms with Crippen LogP contribution in [0.2, 0.25) is 0 Å². The lowest BCUT2D eigenvalue weighted by molar-refractivity contribution is -0.118. The van der Waals surface area contributed by atoms with Gasteiger partial charge in [-0.25, -0.2) is 9.18 Å². The van der Waals surface area contributed by atoms with E-state index >= 15 is 0 Å². The third-order valence-electron chi connectivity index (χ3n) is 3.49. The number of anilines is 1. The molecule has 0 aliphatic rings. The van der Waals surface area contributed by atoms with Gasteiger partial charge in [-0.2, -0.15) is 0 Å². The van der Waals surface area contributed by atoms with Crippen molar-refractivity contribution in [1.82, 2.24) is 0 Å². The van der Waals surface area contributed by atoms with Gasteiger partial charge in [0.15, 0.2) is 6.61 Å². The molecule has 0 aliphatic heterocycles. The number of ether oxygens (including phenoxy) is 2. The van der Waals surface area contributed by atoms with Gasteiger partial charge in [0.2, 0.25) is 0 Å². The molecule has 0 saturated carbocycles. The highest BCUT2D eigenvalue weighted by Crippen LogP contribution is 2.36. The van der Waals surface area contributed by atoms with Crippen molar-refractivity contribution >= 4 is 28.2 Å². The maximum absolute atomic E-state index is 12.9. The molecule has 27 heavy (non-hydrogen) atoms. The molecule has 1 N–H and O–H groups in total. The van der Waals surface area contributed by atoms with Gasteiger partial charge in [-0.05, 0) is 43.3 Å². The van der Waals surface area contributed by atoms with E-state index in [0.29, 0.717) is 22.1 Å². The molecule has 140 valence electrons. The van der Waals surface area contributed by atoms with E-state index in [9.17, 15) is 14.0 Å². The van der Waals surface area contributed by atoms with Crippen LogP contribution in [0.25, 0.3) is 11.3 Å². The Kier molecular flexibility index (Phi) is 5.87. The van der Waals surface area contributed by atoms with E-state index in [0.717, 1.165) is 0 Å². The van der Waals surface area contributed by atoms with Crippen molar-refractivity contribution in [1.29, 1.82) is 0 Å². The molecule has 0 unspecified atom stereocenters. The standard InChI is InChI=1S/C19H16FNO5S/c1-2-24-19(23)17-14(15-4-3-9-25-15)11-27-18(17)21-16(22)10-26-13-7-5-12(20)6-8-13/h3-9,11H,2,10H2,1H3,(H,21,22). The molecule has 6 nitrogen and oxygen atoms in total. The fourth-order valence-corrected chi connectivity index (χ4v) is 3.27. The molecule has 8 heteroatoms. The third kappa shape index (κ3) is 4.53. The molecular formula is C19H16FNO5S. The van der Waals surface area contributed by atoms with Crippen molar-refractivity contribution in [3.8, 4) is 17.1 Å². The van der Waals surface area contributed by atoms with Crippen LogP contribution in [0, 0.1) is 5.82 Å². The minimum atomic E-state index is -0.556. The summed E-state index contributed by atoms with van der Waals surface area (Å²) in [5, 5.41) is 4.70. The van der Waals surface area contributed by atoms with E-state index in [4.69, 9.17) is 13.9 Å². The lowest BCUT2D eigenvalue weighted by atomic mass is 10.1. The Morgan fingerprint density at radius 3 is 2.67 bits per heavy atom. The van der Waals surface area contributed by atoms with Crippen LogP contribution in [0.1, 0.15) is 17.3 Å². The van der Waals surface area contributed by atoms with Crippen molar-refractivity contribution in [2.24, 2.45) is 0 Å². The van der Waals surface area contributed by atoms with Gasteiger partial charge in [0, 0.05) is 10.9 Å². The zero-order chi connectivity index (χ0) is 19.2. The number of rotatable bonds is 7. The summed E-state index contributed by atoms with van der Waals surface area (Å²) in [4.78, 5) is 24.6. The van der Waals surface area contributed by atoms with Crippen molar-refractivity contribution in [2.75, 3.05) is 18.5 Å². The molecule has 0 bridgehead atoms. The Labute approximate surface area is 158 Å². The first kappa shape index (κ1) is 18.7. The van der Waals surface area contributed by atoms with Crippen LogP contribution in [0.4, 0.5) is 9.39 Å². The molecule has 2 heterocycles. The summed E-state index contributed by atoms with van der Waals surface area (Å²) < 4.78 is 28.7. The maximum atomic E-state index is 12.9. The number of esters is 1. The molecule has 0 saturated heterocycles. The lowest BCUT2D eigenvalue weighted by Gasteiger charge is -2.09. The highest BCUT2D eigenvalue weighted by Gasteiger charge is 2.24. The summed E-state index contributed by atoms with van der Waals surface area (Å²) in [6.45, 7) is 1.61. The molecular weight excluding hydrogens is 373 g/mol. The minimum absolute atomic E-state index is 0.202. The predicted octanol–water partition coefficient (Wildman–Crippen LogP) is 4.34. The molecule has 0 aliphatic carbocycles. The summed E-state index contributed by atoms with van der Waals surface area (Å²) in [6.07, 6.45) is 1.50. The normalized spacial score (nSPS) is 10.4. The highest BCUT2D eigenvalue weighted by molar-refractivity contribution is 7.15. The van der Waals surface area contributed by atoms with E-state index in [2.05, 4.69) is 5.32 Å². The van der Waals surface area contributed by atoms with Crippen molar-refractivity contribution in [3.63, 3.8) is 0 Å². The largest absolute Gasteiger partial charge is 0.484 e. The molecule has 0 spiro atoms. The topological polar surface area (TPSA) is 77.8 Å². The SMILES string of the molecule is CCOC(=O)c1c(-c2ccco2)csc1NC(=O)COc1ccc(F)cc1. The van der Waals surface area contributed by atoms with Crippen LogP contribution >= 0.6 is 11.3 Å². The first-order valence-electron chi connectivity index (χ1n) is 8.09. The molecule has 0 atom stereocenters. The fraction of sp³-hybridized carbons (Fsp3) is 0.158. The lowest BCUT2D eigenvalue weighted by Crippen LogP contribution is -2.21. The second-order valence-corrected chi connectivity index (χ2v) is 6.22. The Bertz CT molecular complexity index is 918. The van der Waals surface area contributed by atoms with Crippen molar-refractivity contribution in [3.05, 3.63) is 59.4 Å². The van der Waals surface area contributed by atoms with E-state index in [1.807, 2.05) is 0 Å². The monoisotopic (exact) mass is 389 g/mol. The zero-order valence-corrected chi connectivity index (χ0v) is 15.2. The molecule has 0 fully saturated rings. The van der Waals surface area contributed by atoms with Gasteiger partial charge in [-0.1, -0.05) is 0 Å². The minimum Gasteiger partial charge on any atom is -0.484 e. The number of nitrogens with one attached hydrogen (secondary N) is 1. The number of hydrogen-bond acceptors (Lipinski definition) is 6. The Balaban J connectivity index is 1.74. The summed E-state index contributed by atoms with van der Waals surface area (Å²) in [6, 6.07) is 8.74. The molecule has 3 aromatic rings. The fourth-order valence-electron chi connectivity index (χ4n) is 2.31. The summed E-state index contributed by atoms with van der Waals surface area (Å²) in [7, 11) is 0. The highest BCUT2D eigenvalue weighted by atomic mass is 32.1. The van der Waals surface area contributed by atoms with Gasteiger partial charge in [0.05, 0.1) is 12.9 Å². The summed E-state index contributed by atoms with van der Waals surface area (Å²) in [5.41, 5.74) is 0.769. The van der Waals surface area contributed by atoms with Gasteiger partial charge in [0.1, 0.15) is 27.9 Å². The number of benzene rings is 1. The van der Waals surface area contributed by atoms with Crippen molar-refractivity contribution < 1.29 is 27.9 Å². The van der Waals surface area contributed by atoms with Crippen LogP contribution in [0.15, 0.2) is 52.5 Å². The average molecular weight is 389 g/mol. The predicted molar refractivity (Wildman–Crippen MR) is 98.5 cm³/mol.